The molecule has 2 aromatic rings. The zero-order chi connectivity index (χ0) is 14.4. The quantitative estimate of drug-likeness (QED) is 0.656. The number of hydrogen-bond donors (Lipinski definition) is 2. The molecule has 0 heterocycles. The number of hydroxylamine groups is 1. The fraction of sp³-hybridized carbons (Fsp3) is 0.133. The molecule has 0 fully saturated rings. The molecule has 0 atom stereocenters. The molecule has 2 N–H and O–H groups in total. The van der Waals surface area contributed by atoms with E-state index in [1.54, 1.807) is 24.4 Å². The predicted molar refractivity (Wildman–Crippen MR) is 77.2 cm³/mol. The van der Waals surface area contributed by atoms with E-state index in [0.717, 1.165) is 21.1 Å². The number of methoxy groups -OCH3 is 1. The third kappa shape index (κ3) is 3.76. The first-order chi connectivity index (χ1) is 9.72. The molecule has 2 rings (SSSR count). The van der Waals surface area contributed by atoms with Crippen LogP contribution in [0.1, 0.15) is 5.56 Å². The van der Waals surface area contributed by atoms with Gasteiger partial charge in [-0.1, -0.05) is 30.0 Å². The molecule has 20 heavy (non-hydrogen) atoms. The molecule has 0 radical (unpaired) electrons. The third-order valence-electron chi connectivity index (χ3n) is 2.74. The highest BCUT2D eigenvalue weighted by Crippen LogP contribution is 2.31. The summed E-state index contributed by atoms with van der Waals surface area (Å²) in [6.45, 7) is 0. The van der Waals surface area contributed by atoms with Crippen LogP contribution in [0.2, 0.25) is 0 Å². The lowest BCUT2D eigenvalue weighted by Gasteiger charge is -2.08. The van der Waals surface area contributed by atoms with Crippen LogP contribution >= 0.6 is 11.8 Å². The molecule has 0 aromatic heterocycles. The van der Waals surface area contributed by atoms with Crippen LogP contribution in [-0.2, 0) is 11.2 Å². The average Bonchev–Trinajstić information content (AvgIpc) is 2.50. The summed E-state index contributed by atoms with van der Waals surface area (Å²) in [6.07, 6.45) is 0.149. The van der Waals surface area contributed by atoms with Gasteiger partial charge in [-0.05, 0) is 35.9 Å². The maximum atomic E-state index is 11.3. The molecule has 0 aliphatic carbocycles. The zero-order valence-corrected chi connectivity index (χ0v) is 11.8. The smallest absolute Gasteiger partial charge is 0.247 e. The minimum Gasteiger partial charge on any atom is -0.497 e. The van der Waals surface area contributed by atoms with Gasteiger partial charge in [-0.15, -0.1) is 0 Å². The Kier molecular flexibility index (Phi) is 5.03. The largest absolute Gasteiger partial charge is 0.497 e. The Morgan fingerprint density at radius 2 is 1.90 bits per heavy atom. The number of carbonyl (C=O) groups excluding carboxylic acids is 1. The summed E-state index contributed by atoms with van der Waals surface area (Å²) in [5.41, 5.74) is 2.53. The van der Waals surface area contributed by atoms with Gasteiger partial charge in [-0.2, -0.15) is 0 Å². The van der Waals surface area contributed by atoms with Crippen molar-refractivity contribution in [2.75, 3.05) is 7.11 Å². The van der Waals surface area contributed by atoms with Crippen molar-refractivity contribution in [2.45, 2.75) is 16.2 Å². The Balaban J connectivity index is 2.17. The number of rotatable bonds is 5. The number of nitrogens with one attached hydrogen (secondary N) is 1. The van der Waals surface area contributed by atoms with Crippen LogP contribution in [0.25, 0.3) is 0 Å². The first kappa shape index (κ1) is 14.4. The van der Waals surface area contributed by atoms with E-state index in [-0.39, 0.29) is 6.42 Å². The van der Waals surface area contributed by atoms with Gasteiger partial charge in [0.05, 0.1) is 13.5 Å². The molecule has 4 nitrogen and oxygen atoms in total. The average molecular weight is 289 g/mol. The van der Waals surface area contributed by atoms with Crippen molar-refractivity contribution in [3.05, 3.63) is 54.1 Å². The van der Waals surface area contributed by atoms with Crippen LogP contribution < -0.4 is 10.2 Å². The number of carbonyl (C=O) groups is 1. The van der Waals surface area contributed by atoms with Crippen molar-refractivity contribution in [1.82, 2.24) is 5.48 Å². The standard InChI is InChI=1S/C15H15NO3S/c1-19-12-6-8-13(9-7-12)20-14-5-3-2-4-11(14)10-15(17)16-18/h2-9,18H,10H2,1H3,(H,16,17). The second-order valence-corrected chi connectivity index (χ2v) is 5.21. The molecule has 0 aliphatic heterocycles. The van der Waals surface area contributed by atoms with Crippen LogP contribution in [0, 0.1) is 0 Å². The summed E-state index contributed by atoms with van der Waals surface area (Å²) in [7, 11) is 1.63. The fourth-order valence-electron chi connectivity index (χ4n) is 1.73. The van der Waals surface area contributed by atoms with Gasteiger partial charge in [0.15, 0.2) is 0 Å². The van der Waals surface area contributed by atoms with Gasteiger partial charge in [-0.3, -0.25) is 10.0 Å². The minimum atomic E-state index is -0.423. The van der Waals surface area contributed by atoms with E-state index in [9.17, 15) is 4.79 Å². The van der Waals surface area contributed by atoms with Crippen LogP contribution in [0.15, 0.2) is 58.3 Å². The summed E-state index contributed by atoms with van der Waals surface area (Å²) in [5.74, 6) is 0.384. The summed E-state index contributed by atoms with van der Waals surface area (Å²) in [5, 5.41) is 8.61. The van der Waals surface area contributed by atoms with E-state index >= 15 is 0 Å². The van der Waals surface area contributed by atoms with Crippen molar-refractivity contribution in [2.24, 2.45) is 0 Å². The first-order valence-electron chi connectivity index (χ1n) is 6.05. The molecule has 0 unspecified atom stereocenters. The maximum absolute atomic E-state index is 11.3. The lowest BCUT2D eigenvalue weighted by molar-refractivity contribution is -0.128. The number of benzene rings is 2. The Morgan fingerprint density at radius 1 is 1.20 bits per heavy atom. The molecule has 0 aliphatic rings. The Hall–Kier alpha value is -1.98. The van der Waals surface area contributed by atoms with E-state index in [1.165, 1.54) is 0 Å². The van der Waals surface area contributed by atoms with E-state index in [0.29, 0.717) is 0 Å². The molecule has 0 saturated carbocycles. The van der Waals surface area contributed by atoms with Gasteiger partial charge in [0, 0.05) is 9.79 Å². The second-order valence-electron chi connectivity index (χ2n) is 4.10. The lowest BCUT2D eigenvalue weighted by Crippen LogP contribution is -2.20. The van der Waals surface area contributed by atoms with E-state index in [1.807, 2.05) is 48.5 Å². The normalized spacial score (nSPS) is 10.1. The topological polar surface area (TPSA) is 58.6 Å². The monoisotopic (exact) mass is 289 g/mol. The van der Waals surface area contributed by atoms with Gasteiger partial charge in [0.2, 0.25) is 5.91 Å². The Bertz CT molecular complexity index is 584. The van der Waals surface area contributed by atoms with Crippen molar-refractivity contribution in [3.63, 3.8) is 0 Å². The van der Waals surface area contributed by atoms with E-state index in [4.69, 9.17) is 9.94 Å². The molecular weight excluding hydrogens is 274 g/mol. The maximum Gasteiger partial charge on any atom is 0.247 e. The molecular formula is C15H15NO3S. The zero-order valence-electron chi connectivity index (χ0n) is 11.0. The molecule has 0 saturated heterocycles. The summed E-state index contributed by atoms with van der Waals surface area (Å²) < 4.78 is 5.12. The molecule has 1 amide bonds. The lowest BCUT2D eigenvalue weighted by atomic mass is 10.1. The molecule has 5 heteroatoms. The number of ether oxygens (including phenoxy) is 1. The van der Waals surface area contributed by atoms with Gasteiger partial charge >= 0.3 is 0 Å². The predicted octanol–water partition coefficient (Wildman–Crippen LogP) is 2.89. The number of hydrogen-bond acceptors (Lipinski definition) is 4. The second kappa shape index (κ2) is 6.98. The van der Waals surface area contributed by atoms with Crippen molar-refractivity contribution in [1.29, 1.82) is 0 Å². The van der Waals surface area contributed by atoms with E-state index in [2.05, 4.69) is 0 Å². The van der Waals surface area contributed by atoms with Gasteiger partial charge in [0.1, 0.15) is 5.75 Å². The van der Waals surface area contributed by atoms with Crippen molar-refractivity contribution < 1.29 is 14.7 Å². The van der Waals surface area contributed by atoms with Crippen LogP contribution in [0.4, 0.5) is 0 Å². The SMILES string of the molecule is COc1ccc(Sc2ccccc2CC(=O)NO)cc1. The minimum absolute atomic E-state index is 0.149. The fourth-order valence-corrected chi connectivity index (χ4v) is 2.68. The first-order valence-corrected chi connectivity index (χ1v) is 6.87. The van der Waals surface area contributed by atoms with Gasteiger partial charge < -0.3 is 4.74 Å². The molecule has 0 spiro atoms. The highest BCUT2D eigenvalue weighted by Gasteiger charge is 2.08. The number of amides is 1. The summed E-state index contributed by atoms with van der Waals surface area (Å²) in [4.78, 5) is 13.3. The molecule has 104 valence electrons. The third-order valence-corrected chi connectivity index (χ3v) is 3.86. The summed E-state index contributed by atoms with van der Waals surface area (Å²) in [6, 6.07) is 15.3. The van der Waals surface area contributed by atoms with Crippen molar-refractivity contribution >= 4 is 17.7 Å². The highest BCUT2D eigenvalue weighted by molar-refractivity contribution is 7.99. The highest BCUT2D eigenvalue weighted by atomic mass is 32.2. The van der Waals surface area contributed by atoms with Gasteiger partial charge in [0.25, 0.3) is 0 Å². The van der Waals surface area contributed by atoms with Crippen LogP contribution in [-0.4, -0.2) is 18.2 Å². The Morgan fingerprint density at radius 3 is 2.55 bits per heavy atom. The summed E-state index contributed by atoms with van der Waals surface area (Å²) >= 11 is 1.57. The van der Waals surface area contributed by atoms with Crippen LogP contribution in [0.3, 0.4) is 0 Å². The molecule has 0 bridgehead atoms. The van der Waals surface area contributed by atoms with Gasteiger partial charge in [-0.25, -0.2) is 5.48 Å². The van der Waals surface area contributed by atoms with E-state index < -0.39 is 5.91 Å². The Labute approximate surface area is 121 Å². The van der Waals surface area contributed by atoms with Crippen molar-refractivity contribution in [3.8, 4) is 5.75 Å². The molecule has 2 aromatic carbocycles. The van der Waals surface area contributed by atoms with Crippen LogP contribution in [0.5, 0.6) is 5.75 Å².